The first-order valence-corrected chi connectivity index (χ1v) is 6.91. The smallest absolute Gasteiger partial charge is 0.265 e. The number of aryl methyl sites for hydroxylation is 2. The fraction of sp³-hybridized carbons (Fsp3) is 0.200. The minimum Gasteiger partial charge on any atom is -0.265 e. The lowest BCUT2D eigenvalue weighted by Crippen LogP contribution is -2.03. The fourth-order valence-corrected chi connectivity index (χ4v) is 2.71. The number of benzene rings is 1. The molecule has 0 radical (unpaired) electrons. The maximum absolute atomic E-state index is 12.1. The van der Waals surface area contributed by atoms with Gasteiger partial charge in [0.05, 0.1) is 5.69 Å². The monoisotopic (exact) mass is 279 g/mol. The van der Waals surface area contributed by atoms with Crippen LogP contribution >= 0.6 is 0 Å². The second kappa shape index (κ2) is 4.66. The molecule has 1 aliphatic rings. The SMILES string of the molecule is O=c1[nH]n2c3c(cnc2c1N=Nc1ccccc1)CCC3. The number of H-pyrrole nitrogens is 1. The zero-order valence-corrected chi connectivity index (χ0v) is 11.3. The summed E-state index contributed by atoms with van der Waals surface area (Å²) in [7, 11) is 0. The Bertz CT molecular complexity index is 892. The van der Waals surface area contributed by atoms with Gasteiger partial charge in [0.25, 0.3) is 5.56 Å². The number of nitrogens with one attached hydrogen (secondary N) is 1. The van der Waals surface area contributed by atoms with Gasteiger partial charge in [-0.25, -0.2) is 9.50 Å². The molecule has 4 rings (SSSR count). The van der Waals surface area contributed by atoms with Crippen molar-refractivity contribution in [1.82, 2.24) is 14.6 Å². The van der Waals surface area contributed by atoms with Crippen molar-refractivity contribution in [3.63, 3.8) is 0 Å². The highest BCUT2D eigenvalue weighted by Gasteiger charge is 2.19. The molecule has 2 heterocycles. The van der Waals surface area contributed by atoms with Gasteiger partial charge in [0.2, 0.25) is 0 Å². The van der Waals surface area contributed by atoms with E-state index in [2.05, 4.69) is 20.3 Å². The molecule has 6 heteroatoms. The van der Waals surface area contributed by atoms with E-state index < -0.39 is 0 Å². The second-order valence-electron chi connectivity index (χ2n) is 5.07. The van der Waals surface area contributed by atoms with Crippen molar-refractivity contribution < 1.29 is 0 Å². The molecule has 0 fully saturated rings. The van der Waals surface area contributed by atoms with Crippen LogP contribution in [0, 0.1) is 0 Å². The predicted molar refractivity (Wildman–Crippen MR) is 78.5 cm³/mol. The minimum absolute atomic E-state index is 0.258. The van der Waals surface area contributed by atoms with Crippen LogP contribution in [0.1, 0.15) is 17.7 Å². The van der Waals surface area contributed by atoms with Gasteiger partial charge in [0.15, 0.2) is 11.3 Å². The van der Waals surface area contributed by atoms with Gasteiger partial charge in [-0.1, -0.05) is 18.2 Å². The van der Waals surface area contributed by atoms with Crippen LogP contribution in [0.5, 0.6) is 0 Å². The van der Waals surface area contributed by atoms with Crippen molar-refractivity contribution in [2.24, 2.45) is 10.2 Å². The first kappa shape index (κ1) is 12.0. The predicted octanol–water partition coefficient (Wildman–Crippen LogP) is 2.93. The molecule has 0 spiro atoms. The van der Waals surface area contributed by atoms with Crippen LogP contribution in [0.4, 0.5) is 11.4 Å². The number of fused-ring (bicyclic) bond motifs is 3. The van der Waals surface area contributed by atoms with Gasteiger partial charge in [-0.3, -0.25) is 9.89 Å². The highest BCUT2D eigenvalue weighted by molar-refractivity contribution is 5.63. The summed E-state index contributed by atoms with van der Waals surface area (Å²) in [6.07, 6.45) is 4.90. The number of aromatic nitrogens is 3. The number of hydrogen-bond acceptors (Lipinski definition) is 4. The van der Waals surface area contributed by atoms with Crippen LogP contribution in [0.2, 0.25) is 0 Å². The van der Waals surface area contributed by atoms with Gasteiger partial charge >= 0.3 is 0 Å². The average Bonchev–Trinajstić information content (AvgIpc) is 3.09. The first-order chi connectivity index (χ1) is 10.3. The van der Waals surface area contributed by atoms with E-state index in [1.54, 1.807) is 4.52 Å². The van der Waals surface area contributed by atoms with E-state index in [1.165, 1.54) is 5.56 Å². The van der Waals surface area contributed by atoms with E-state index in [0.717, 1.165) is 25.0 Å². The zero-order chi connectivity index (χ0) is 14.2. The molecule has 0 unspecified atom stereocenters. The van der Waals surface area contributed by atoms with Gasteiger partial charge < -0.3 is 0 Å². The summed E-state index contributed by atoms with van der Waals surface area (Å²) in [6, 6.07) is 9.33. The quantitative estimate of drug-likeness (QED) is 0.732. The third-order valence-electron chi connectivity index (χ3n) is 3.72. The van der Waals surface area contributed by atoms with E-state index in [0.29, 0.717) is 11.3 Å². The zero-order valence-electron chi connectivity index (χ0n) is 11.3. The van der Waals surface area contributed by atoms with Crippen molar-refractivity contribution in [3.05, 3.63) is 58.1 Å². The number of azo groups is 1. The molecule has 1 aromatic carbocycles. The molecule has 6 nitrogen and oxygen atoms in total. The maximum Gasteiger partial charge on any atom is 0.294 e. The van der Waals surface area contributed by atoms with Crippen LogP contribution in [-0.4, -0.2) is 14.6 Å². The standard InChI is InChI=1S/C15H13N5O/c21-15-13(18-17-11-6-2-1-3-7-11)14-16-9-10-5-4-8-12(10)20(14)19-15/h1-3,6-7,9H,4-5,8H2,(H,19,21). The van der Waals surface area contributed by atoms with Gasteiger partial charge in [-0.05, 0) is 37.0 Å². The molecule has 0 atom stereocenters. The molecule has 104 valence electrons. The molecule has 0 bridgehead atoms. The summed E-state index contributed by atoms with van der Waals surface area (Å²) < 4.78 is 1.75. The van der Waals surface area contributed by atoms with Crippen molar-refractivity contribution in [2.45, 2.75) is 19.3 Å². The number of rotatable bonds is 2. The maximum atomic E-state index is 12.1. The Morgan fingerprint density at radius 3 is 2.86 bits per heavy atom. The van der Waals surface area contributed by atoms with E-state index in [9.17, 15) is 4.79 Å². The molecule has 0 amide bonds. The Morgan fingerprint density at radius 2 is 2.00 bits per heavy atom. The second-order valence-corrected chi connectivity index (χ2v) is 5.07. The van der Waals surface area contributed by atoms with Crippen molar-refractivity contribution >= 4 is 17.0 Å². The summed E-state index contributed by atoms with van der Waals surface area (Å²) in [6.45, 7) is 0. The Morgan fingerprint density at radius 1 is 1.14 bits per heavy atom. The molecular formula is C15H13N5O. The highest BCUT2D eigenvalue weighted by Crippen LogP contribution is 2.24. The number of nitrogens with zero attached hydrogens (tertiary/aromatic N) is 4. The molecule has 2 aromatic heterocycles. The van der Waals surface area contributed by atoms with E-state index in [1.807, 2.05) is 36.5 Å². The van der Waals surface area contributed by atoms with Crippen LogP contribution < -0.4 is 5.56 Å². The fourth-order valence-electron chi connectivity index (χ4n) is 2.71. The van der Waals surface area contributed by atoms with Gasteiger partial charge in [-0.2, -0.15) is 5.11 Å². The molecule has 1 N–H and O–H groups in total. The van der Waals surface area contributed by atoms with E-state index in [-0.39, 0.29) is 11.2 Å². The van der Waals surface area contributed by atoms with Crippen molar-refractivity contribution in [2.75, 3.05) is 0 Å². The highest BCUT2D eigenvalue weighted by atomic mass is 16.1. The number of aromatic amines is 1. The Balaban J connectivity index is 1.85. The summed E-state index contributed by atoms with van der Waals surface area (Å²) >= 11 is 0. The van der Waals surface area contributed by atoms with Crippen LogP contribution in [0.3, 0.4) is 0 Å². The largest absolute Gasteiger partial charge is 0.294 e. The van der Waals surface area contributed by atoms with Gasteiger partial charge in [0, 0.05) is 11.9 Å². The molecular weight excluding hydrogens is 266 g/mol. The van der Waals surface area contributed by atoms with Gasteiger partial charge in [0.1, 0.15) is 0 Å². The lowest BCUT2D eigenvalue weighted by Gasteiger charge is -2.01. The molecule has 0 saturated carbocycles. The van der Waals surface area contributed by atoms with E-state index >= 15 is 0 Å². The molecule has 21 heavy (non-hydrogen) atoms. The van der Waals surface area contributed by atoms with E-state index in [4.69, 9.17) is 0 Å². The van der Waals surface area contributed by atoms with Crippen LogP contribution in [0.15, 0.2) is 51.6 Å². The average molecular weight is 279 g/mol. The number of hydrogen-bond donors (Lipinski definition) is 1. The lowest BCUT2D eigenvalue weighted by molar-refractivity contribution is 0.828. The van der Waals surface area contributed by atoms with Crippen LogP contribution in [0.25, 0.3) is 5.65 Å². The third-order valence-corrected chi connectivity index (χ3v) is 3.72. The molecule has 0 saturated heterocycles. The summed E-state index contributed by atoms with van der Waals surface area (Å²) in [5.74, 6) is 0. The summed E-state index contributed by atoms with van der Waals surface area (Å²) in [5.41, 5.74) is 3.56. The first-order valence-electron chi connectivity index (χ1n) is 6.91. The lowest BCUT2D eigenvalue weighted by atomic mass is 10.3. The van der Waals surface area contributed by atoms with Crippen molar-refractivity contribution in [1.29, 1.82) is 0 Å². The summed E-state index contributed by atoms with van der Waals surface area (Å²) in [4.78, 5) is 16.5. The third kappa shape index (κ3) is 1.96. The molecule has 1 aliphatic carbocycles. The normalized spacial score (nSPS) is 14.1. The van der Waals surface area contributed by atoms with Gasteiger partial charge in [-0.15, -0.1) is 5.11 Å². The molecule has 3 aromatic rings. The Labute approximate surface area is 120 Å². The summed E-state index contributed by atoms with van der Waals surface area (Å²) in [5, 5.41) is 11.0. The Kier molecular flexibility index (Phi) is 2.67. The molecule has 0 aliphatic heterocycles. The topological polar surface area (TPSA) is 74.9 Å². The Hall–Kier alpha value is -2.76. The minimum atomic E-state index is -0.262. The van der Waals surface area contributed by atoms with Crippen molar-refractivity contribution in [3.8, 4) is 0 Å². The van der Waals surface area contributed by atoms with Crippen LogP contribution in [-0.2, 0) is 12.8 Å².